The van der Waals surface area contributed by atoms with Gasteiger partial charge in [0.05, 0.1) is 10.7 Å². The fourth-order valence-corrected chi connectivity index (χ4v) is 3.55. The van der Waals surface area contributed by atoms with Crippen molar-refractivity contribution in [3.8, 4) is 11.3 Å². The highest BCUT2D eigenvalue weighted by Crippen LogP contribution is 2.34. The second kappa shape index (κ2) is 5.16. The molecule has 0 bridgehead atoms. The molecule has 94 valence electrons. The summed E-state index contributed by atoms with van der Waals surface area (Å²) in [4.78, 5) is 10.2. The molecule has 0 amide bonds. The van der Waals surface area contributed by atoms with E-state index in [4.69, 9.17) is 4.98 Å². The van der Waals surface area contributed by atoms with E-state index in [0.29, 0.717) is 5.92 Å². The minimum Gasteiger partial charge on any atom is -0.317 e. The molecule has 0 saturated carbocycles. The van der Waals surface area contributed by atoms with E-state index in [1.807, 2.05) is 35.9 Å². The standard InChI is InChI=1S/C14H17N3S/c1-10-13(11-2-6-15-7-3-11)17-14(18-10)12-4-8-16-9-5-12/h2-3,6-7,12,16H,4-5,8-9H2,1H3. The number of hydrogen-bond acceptors (Lipinski definition) is 4. The number of piperidine rings is 1. The summed E-state index contributed by atoms with van der Waals surface area (Å²) in [6, 6.07) is 4.07. The maximum atomic E-state index is 4.87. The molecule has 0 atom stereocenters. The van der Waals surface area contributed by atoms with E-state index >= 15 is 0 Å². The zero-order valence-electron chi connectivity index (χ0n) is 10.5. The summed E-state index contributed by atoms with van der Waals surface area (Å²) in [6.45, 7) is 4.40. The number of nitrogens with one attached hydrogen (secondary N) is 1. The summed E-state index contributed by atoms with van der Waals surface area (Å²) in [5, 5.41) is 4.71. The fourth-order valence-electron chi connectivity index (χ4n) is 2.44. The Labute approximate surface area is 111 Å². The van der Waals surface area contributed by atoms with Crippen LogP contribution in [-0.2, 0) is 0 Å². The third-order valence-electron chi connectivity index (χ3n) is 3.46. The van der Waals surface area contributed by atoms with Gasteiger partial charge in [0.15, 0.2) is 0 Å². The summed E-state index contributed by atoms with van der Waals surface area (Å²) in [6.07, 6.45) is 6.09. The molecule has 3 rings (SSSR count). The molecular weight excluding hydrogens is 242 g/mol. The van der Waals surface area contributed by atoms with Crippen LogP contribution < -0.4 is 5.32 Å². The lowest BCUT2D eigenvalue weighted by molar-refractivity contribution is 0.459. The molecule has 3 nitrogen and oxygen atoms in total. The maximum absolute atomic E-state index is 4.87. The number of pyridine rings is 1. The van der Waals surface area contributed by atoms with Crippen molar-refractivity contribution in [3.05, 3.63) is 34.4 Å². The van der Waals surface area contributed by atoms with Crippen molar-refractivity contribution in [1.29, 1.82) is 0 Å². The largest absolute Gasteiger partial charge is 0.317 e. The van der Waals surface area contributed by atoms with Crippen molar-refractivity contribution in [1.82, 2.24) is 15.3 Å². The minimum absolute atomic E-state index is 0.644. The van der Waals surface area contributed by atoms with Gasteiger partial charge >= 0.3 is 0 Å². The van der Waals surface area contributed by atoms with Crippen molar-refractivity contribution < 1.29 is 0 Å². The summed E-state index contributed by atoms with van der Waals surface area (Å²) in [5.41, 5.74) is 2.31. The van der Waals surface area contributed by atoms with Crippen LogP contribution in [0.5, 0.6) is 0 Å². The van der Waals surface area contributed by atoms with Crippen molar-refractivity contribution >= 4 is 11.3 Å². The van der Waals surface area contributed by atoms with Gasteiger partial charge in [-0.2, -0.15) is 0 Å². The number of aromatic nitrogens is 2. The molecule has 4 heteroatoms. The molecule has 2 aromatic rings. The first-order valence-corrected chi connectivity index (χ1v) is 7.24. The zero-order valence-corrected chi connectivity index (χ0v) is 11.3. The van der Waals surface area contributed by atoms with Crippen LogP contribution in [0.3, 0.4) is 0 Å². The van der Waals surface area contributed by atoms with E-state index in [1.54, 1.807) is 0 Å². The van der Waals surface area contributed by atoms with Gasteiger partial charge in [0.1, 0.15) is 0 Å². The first kappa shape index (κ1) is 11.8. The van der Waals surface area contributed by atoms with Crippen LogP contribution in [0.2, 0.25) is 0 Å². The van der Waals surface area contributed by atoms with Crippen molar-refractivity contribution in [2.75, 3.05) is 13.1 Å². The minimum atomic E-state index is 0.644. The van der Waals surface area contributed by atoms with Crippen molar-refractivity contribution in [3.63, 3.8) is 0 Å². The van der Waals surface area contributed by atoms with Gasteiger partial charge in [-0.25, -0.2) is 4.98 Å². The van der Waals surface area contributed by atoms with E-state index in [-0.39, 0.29) is 0 Å². The first-order valence-electron chi connectivity index (χ1n) is 6.43. The van der Waals surface area contributed by atoms with Crippen LogP contribution >= 0.6 is 11.3 Å². The third-order valence-corrected chi connectivity index (χ3v) is 4.59. The average molecular weight is 259 g/mol. The Bertz CT molecular complexity index is 515. The van der Waals surface area contributed by atoms with Gasteiger partial charge in [-0.1, -0.05) is 0 Å². The number of hydrogen-bond donors (Lipinski definition) is 1. The Morgan fingerprint density at radius 3 is 2.67 bits per heavy atom. The SMILES string of the molecule is Cc1sc(C2CCNCC2)nc1-c1ccncc1. The van der Waals surface area contributed by atoms with E-state index in [2.05, 4.69) is 17.2 Å². The first-order chi connectivity index (χ1) is 8.84. The third kappa shape index (κ3) is 2.31. The van der Waals surface area contributed by atoms with Crippen LogP contribution in [0.25, 0.3) is 11.3 Å². The smallest absolute Gasteiger partial charge is 0.0967 e. The van der Waals surface area contributed by atoms with Gasteiger partial charge in [-0.15, -0.1) is 11.3 Å². The molecule has 0 spiro atoms. The Morgan fingerprint density at radius 1 is 1.22 bits per heavy atom. The van der Waals surface area contributed by atoms with Gasteiger partial charge in [-0.05, 0) is 45.0 Å². The van der Waals surface area contributed by atoms with Crippen LogP contribution in [0.15, 0.2) is 24.5 Å². The molecule has 0 aliphatic carbocycles. The quantitative estimate of drug-likeness (QED) is 0.901. The Morgan fingerprint density at radius 2 is 1.94 bits per heavy atom. The number of nitrogens with zero attached hydrogens (tertiary/aromatic N) is 2. The Kier molecular flexibility index (Phi) is 3.39. The zero-order chi connectivity index (χ0) is 12.4. The average Bonchev–Trinajstić information content (AvgIpc) is 2.83. The van der Waals surface area contributed by atoms with Crippen LogP contribution in [0, 0.1) is 6.92 Å². The van der Waals surface area contributed by atoms with Gasteiger partial charge in [0.2, 0.25) is 0 Å². The van der Waals surface area contributed by atoms with Gasteiger partial charge in [0, 0.05) is 28.8 Å². The lowest BCUT2D eigenvalue weighted by Crippen LogP contribution is -2.26. The van der Waals surface area contributed by atoms with Crippen LogP contribution in [0.1, 0.15) is 28.6 Å². The summed E-state index contributed by atoms with van der Waals surface area (Å²) in [7, 11) is 0. The number of thiazole rings is 1. The fraction of sp³-hybridized carbons (Fsp3) is 0.429. The van der Waals surface area contributed by atoms with E-state index < -0.39 is 0 Å². The molecule has 18 heavy (non-hydrogen) atoms. The molecule has 1 aliphatic rings. The monoisotopic (exact) mass is 259 g/mol. The molecule has 2 aromatic heterocycles. The highest BCUT2D eigenvalue weighted by molar-refractivity contribution is 7.12. The highest BCUT2D eigenvalue weighted by atomic mass is 32.1. The summed E-state index contributed by atoms with van der Waals surface area (Å²) >= 11 is 1.86. The highest BCUT2D eigenvalue weighted by Gasteiger charge is 2.20. The molecule has 3 heterocycles. The molecule has 1 fully saturated rings. The Hall–Kier alpha value is -1.26. The van der Waals surface area contributed by atoms with Gasteiger partial charge in [-0.3, -0.25) is 4.98 Å². The summed E-state index contributed by atoms with van der Waals surface area (Å²) < 4.78 is 0. The lowest BCUT2D eigenvalue weighted by Gasteiger charge is -2.20. The molecule has 0 radical (unpaired) electrons. The molecule has 0 unspecified atom stereocenters. The van der Waals surface area contributed by atoms with Crippen molar-refractivity contribution in [2.45, 2.75) is 25.7 Å². The molecular formula is C14H17N3S. The molecule has 1 aliphatic heterocycles. The topological polar surface area (TPSA) is 37.8 Å². The van der Waals surface area contributed by atoms with E-state index in [9.17, 15) is 0 Å². The lowest BCUT2D eigenvalue weighted by atomic mass is 9.99. The van der Waals surface area contributed by atoms with Crippen LogP contribution in [0.4, 0.5) is 0 Å². The van der Waals surface area contributed by atoms with Crippen molar-refractivity contribution in [2.24, 2.45) is 0 Å². The predicted molar refractivity (Wildman–Crippen MR) is 74.9 cm³/mol. The van der Waals surface area contributed by atoms with E-state index in [0.717, 1.165) is 18.8 Å². The Balaban J connectivity index is 1.91. The molecule has 1 N–H and O–H groups in total. The predicted octanol–water partition coefficient (Wildman–Crippen LogP) is 2.98. The van der Waals surface area contributed by atoms with Crippen LogP contribution in [-0.4, -0.2) is 23.1 Å². The number of rotatable bonds is 2. The molecule has 1 saturated heterocycles. The summed E-state index contributed by atoms with van der Waals surface area (Å²) in [5.74, 6) is 0.644. The van der Waals surface area contributed by atoms with Gasteiger partial charge in [0.25, 0.3) is 0 Å². The maximum Gasteiger partial charge on any atom is 0.0967 e. The second-order valence-corrected chi connectivity index (χ2v) is 5.95. The normalized spacial score (nSPS) is 16.9. The second-order valence-electron chi connectivity index (χ2n) is 4.72. The van der Waals surface area contributed by atoms with E-state index in [1.165, 1.54) is 28.3 Å². The molecule has 0 aromatic carbocycles. The number of aryl methyl sites for hydroxylation is 1. The van der Waals surface area contributed by atoms with Gasteiger partial charge < -0.3 is 5.32 Å².